The number of hydrogen-bond donors (Lipinski definition) is 1. The molecule has 186 valence electrons. The monoisotopic (exact) mass is 499 g/mol. The minimum atomic E-state index is 0.00495. The number of fused-ring (bicyclic) bond motifs is 1. The van der Waals surface area contributed by atoms with Gasteiger partial charge in [0.1, 0.15) is 11.5 Å². The van der Waals surface area contributed by atoms with Crippen LogP contribution in [0.25, 0.3) is 20.5 Å². The summed E-state index contributed by atoms with van der Waals surface area (Å²) in [5.41, 5.74) is 3.18. The lowest BCUT2D eigenvalue weighted by atomic mass is 9.97. The van der Waals surface area contributed by atoms with Crippen LogP contribution < -0.4 is 9.47 Å². The molecule has 0 saturated heterocycles. The molecule has 1 heterocycles. The SMILES string of the molecule is CCCCCC(=N)CCCOc1ccc(C(=O)c2c(-c3ccc(OC)cc3)sc3ccccc23)cc1. The topological polar surface area (TPSA) is 59.4 Å². The molecule has 0 bridgehead atoms. The van der Waals surface area contributed by atoms with Crippen LogP contribution in [0.4, 0.5) is 0 Å². The predicted molar refractivity (Wildman–Crippen MR) is 150 cm³/mol. The molecule has 4 aromatic rings. The van der Waals surface area contributed by atoms with E-state index in [-0.39, 0.29) is 5.78 Å². The molecular formula is C31H33NO3S. The number of benzene rings is 3. The van der Waals surface area contributed by atoms with Crippen molar-refractivity contribution in [3.05, 3.63) is 83.9 Å². The van der Waals surface area contributed by atoms with E-state index in [0.717, 1.165) is 69.0 Å². The number of unbranched alkanes of at least 4 members (excludes halogenated alkanes) is 2. The van der Waals surface area contributed by atoms with Gasteiger partial charge in [-0.15, -0.1) is 11.3 Å². The molecule has 0 radical (unpaired) electrons. The molecule has 4 rings (SSSR count). The van der Waals surface area contributed by atoms with Crippen LogP contribution in [0.1, 0.15) is 61.4 Å². The predicted octanol–water partition coefficient (Wildman–Crippen LogP) is 8.57. The molecule has 5 heteroatoms. The van der Waals surface area contributed by atoms with E-state index in [0.29, 0.717) is 12.2 Å². The van der Waals surface area contributed by atoms with Gasteiger partial charge in [-0.3, -0.25) is 4.79 Å². The Labute approximate surface area is 217 Å². The van der Waals surface area contributed by atoms with Crippen molar-refractivity contribution >= 4 is 32.9 Å². The van der Waals surface area contributed by atoms with E-state index in [2.05, 4.69) is 13.0 Å². The lowest BCUT2D eigenvalue weighted by Crippen LogP contribution is -2.04. The summed E-state index contributed by atoms with van der Waals surface area (Å²) in [6, 6.07) is 23.3. The van der Waals surface area contributed by atoms with Crippen LogP contribution in [-0.4, -0.2) is 25.2 Å². The molecule has 0 unspecified atom stereocenters. The van der Waals surface area contributed by atoms with E-state index in [1.807, 2.05) is 66.7 Å². The number of carbonyl (C=O) groups excluding carboxylic acids is 1. The number of thiophene rings is 1. The fourth-order valence-electron chi connectivity index (χ4n) is 4.25. The van der Waals surface area contributed by atoms with E-state index in [1.54, 1.807) is 18.4 Å². The quantitative estimate of drug-likeness (QED) is 0.114. The van der Waals surface area contributed by atoms with Crippen molar-refractivity contribution in [2.24, 2.45) is 0 Å². The first-order valence-electron chi connectivity index (χ1n) is 12.6. The average Bonchev–Trinajstić information content (AvgIpc) is 3.31. The second kappa shape index (κ2) is 12.5. The fourth-order valence-corrected chi connectivity index (χ4v) is 5.46. The third-order valence-corrected chi connectivity index (χ3v) is 7.48. The van der Waals surface area contributed by atoms with Gasteiger partial charge >= 0.3 is 0 Å². The summed E-state index contributed by atoms with van der Waals surface area (Å²) in [4.78, 5) is 14.7. The number of ether oxygens (including phenoxy) is 2. The zero-order valence-corrected chi connectivity index (χ0v) is 21.8. The summed E-state index contributed by atoms with van der Waals surface area (Å²) in [6.07, 6.45) is 5.97. The molecule has 0 atom stereocenters. The molecule has 1 aromatic heterocycles. The Morgan fingerprint density at radius 3 is 2.28 bits per heavy atom. The summed E-state index contributed by atoms with van der Waals surface area (Å²) >= 11 is 1.63. The minimum absolute atomic E-state index is 0.00495. The minimum Gasteiger partial charge on any atom is -0.497 e. The highest BCUT2D eigenvalue weighted by atomic mass is 32.1. The van der Waals surface area contributed by atoms with Gasteiger partial charge in [0.2, 0.25) is 0 Å². The summed E-state index contributed by atoms with van der Waals surface area (Å²) < 4.78 is 12.3. The molecule has 3 aromatic carbocycles. The van der Waals surface area contributed by atoms with Crippen molar-refractivity contribution < 1.29 is 14.3 Å². The highest BCUT2D eigenvalue weighted by Gasteiger charge is 2.21. The van der Waals surface area contributed by atoms with Gasteiger partial charge in [-0.25, -0.2) is 0 Å². The van der Waals surface area contributed by atoms with Crippen molar-refractivity contribution in [3.8, 4) is 21.9 Å². The molecule has 36 heavy (non-hydrogen) atoms. The van der Waals surface area contributed by atoms with Crippen LogP contribution in [0.2, 0.25) is 0 Å². The van der Waals surface area contributed by atoms with Crippen molar-refractivity contribution in [3.63, 3.8) is 0 Å². The molecular weight excluding hydrogens is 466 g/mol. The first-order valence-corrected chi connectivity index (χ1v) is 13.4. The highest BCUT2D eigenvalue weighted by Crippen LogP contribution is 2.40. The van der Waals surface area contributed by atoms with E-state index >= 15 is 0 Å². The summed E-state index contributed by atoms with van der Waals surface area (Å²) in [5, 5.41) is 9.02. The van der Waals surface area contributed by atoms with Gasteiger partial charge < -0.3 is 14.9 Å². The first-order chi connectivity index (χ1) is 17.6. The molecule has 0 fully saturated rings. The maximum Gasteiger partial charge on any atom is 0.195 e. The van der Waals surface area contributed by atoms with Gasteiger partial charge in [0.15, 0.2) is 5.78 Å². The highest BCUT2D eigenvalue weighted by molar-refractivity contribution is 7.22. The number of hydrogen-bond acceptors (Lipinski definition) is 5. The van der Waals surface area contributed by atoms with Crippen molar-refractivity contribution in [1.82, 2.24) is 0 Å². The maximum atomic E-state index is 13.7. The zero-order valence-electron chi connectivity index (χ0n) is 21.0. The summed E-state index contributed by atoms with van der Waals surface area (Å²) in [6.45, 7) is 2.75. The van der Waals surface area contributed by atoms with Gasteiger partial charge in [-0.1, -0.05) is 38.0 Å². The van der Waals surface area contributed by atoms with E-state index in [1.165, 1.54) is 12.8 Å². The number of carbonyl (C=O) groups is 1. The molecule has 0 spiro atoms. The zero-order chi connectivity index (χ0) is 25.3. The van der Waals surface area contributed by atoms with Crippen molar-refractivity contribution in [2.75, 3.05) is 13.7 Å². The molecule has 0 aliphatic carbocycles. The van der Waals surface area contributed by atoms with Gasteiger partial charge in [-0.05, 0) is 85.8 Å². The van der Waals surface area contributed by atoms with Crippen LogP contribution in [0.5, 0.6) is 11.5 Å². The lowest BCUT2D eigenvalue weighted by molar-refractivity contribution is 0.104. The number of nitrogens with one attached hydrogen (secondary N) is 1. The van der Waals surface area contributed by atoms with Crippen LogP contribution >= 0.6 is 11.3 Å². The Bertz CT molecular complexity index is 1310. The number of rotatable bonds is 13. The Balaban J connectivity index is 1.46. The molecule has 1 N–H and O–H groups in total. The molecule has 0 aliphatic rings. The van der Waals surface area contributed by atoms with Crippen molar-refractivity contribution in [1.29, 1.82) is 5.41 Å². The van der Waals surface area contributed by atoms with Gasteiger partial charge in [-0.2, -0.15) is 0 Å². The smallest absolute Gasteiger partial charge is 0.195 e. The van der Waals surface area contributed by atoms with Crippen LogP contribution in [-0.2, 0) is 0 Å². The van der Waals surface area contributed by atoms with Crippen LogP contribution in [0, 0.1) is 5.41 Å². The molecule has 0 saturated carbocycles. The lowest BCUT2D eigenvalue weighted by Gasteiger charge is -2.09. The Morgan fingerprint density at radius 1 is 0.861 bits per heavy atom. The molecule has 4 nitrogen and oxygen atoms in total. The van der Waals surface area contributed by atoms with Crippen LogP contribution in [0.3, 0.4) is 0 Å². The Hall–Kier alpha value is -3.44. The molecule has 0 aliphatic heterocycles. The van der Waals surface area contributed by atoms with E-state index in [4.69, 9.17) is 14.9 Å². The third-order valence-electron chi connectivity index (χ3n) is 6.26. The van der Waals surface area contributed by atoms with Crippen molar-refractivity contribution in [2.45, 2.75) is 45.4 Å². The Kier molecular flexibility index (Phi) is 8.90. The number of methoxy groups -OCH3 is 1. The van der Waals surface area contributed by atoms with Gasteiger partial charge in [0, 0.05) is 31.8 Å². The maximum absolute atomic E-state index is 13.7. The van der Waals surface area contributed by atoms with Crippen LogP contribution in [0.15, 0.2) is 72.8 Å². The molecule has 0 amide bonds. The standard InChI is InChI=1S/C31H33NO3S/c1-3-4-5-9-24(32)10-8-21-35-26-19-13-22(14-20-26)30(33)29-27-11-6-7-12-28(27)36-31(29)23-15-17-25(34-2)18-16-23/h6-7,11-20,32H,3-5,8-10,21H2,1-2H3. The fraction of sp³-hybridized carbons (Fsp3) is 0.290. The van der Waals surface area contributed by atoms with E-state index in [9.17, 15) is 4.79 Å². The van der Waals surface area contributed by atoms with Gasteiger partial charge in [0.05, 0.1) is 13.7 Å². The first kappa shape index (κ1) is 25.6. The largest absolute Gasteiger partial charge is 0.497 e. The number of ketones is 1. The summed E-state index contributed by atoms with van der Waals surface area (Å²) in [7, 11) is 1.65. The van der Waals surface area contributed by atoms with E-state index < -0.39 is 0 Å². The Morgan fingerprint density at radius 2 is 1.56 bits per heavy atom. The van der Waals surface area contributed by atoms with Gasteiger partial charge in [0.25, 0.3) is 0 Å². The second-order valence-corrected chi connectivity index (χ2v) is 9.95. The summed E-state index contributed by atoms with van der Waals surface area (Å²) in [5.74, 6) is 1.54. The second-order valence-electron chi connectivity index (χ2n) is 8.90. The average molecular weight is 500 g/mol. The normalized spacial score (nSPS) is 10.9. The third kappa shape index (κ3) is 6.21.